The van der Waals surface area contributed by atoms with Crippen LogP contribution in [0.4, 0.5) is 34.1 Å². The molecule has 0 unspecified atom stereocenters. The van der Waals surface area contributed by atoms with E-state index < -0.39 is 17.7 Å². The number of nitrogens with two attached hydrogens (primary N) is 3. The van der Waals surface area contributed by atoms with Gasteiger partial charge in [-0.25, -0.2) is 29.9 Å². The van der Waals surface area contributed by atoms with E-state index in [2.05, 4.69) is 69.7 Å². The molecular weight excluding hydrogens is 1090 g/mol. The maximum atomic E-state index is 12.0. The van der Waals surface area contributed by atoms with Gasteiger partial charge in [0.2, 0.25) is 0 Å². The van der Waals surface area contributed by atoms with E-state index in [1.165, 1.54) is 30.7 Å². The molecule has 3 amide bonds. The third kappa shape index (κ3) is 12.2. The first-order valence-corrected chi connectivity index (χ1v) is 27.2. The second-order valence-corrected chi connectivity index (χ2v) is 19.5. The Morgan fingerprint density at radius 1 is 0.453 bits per heavy atom. The van der Waals surface area contributed by atoms with E-state index in [0.717, 1.165) is 64.3 Å². The number of amides is 3. The number of carbonyl (C=O) groups excluding carboxylic acids is 3. The highest BCUT2D eigenvalue weighted by molar-refractivity contribution is 6.08. The summed E-state index contributed by atoms with van der Waals surface area (Å²) in [6, 6.07) is 42.2. The van der Waals surface area contributed by atoms with Gasteiger partial charge in [-0.3, -0.25) is 14.4 Å². The molecule has 0 saturated carbocycles. The highest BCUT2D eigenvalue weighted by Crippen LogP contribution is 2.37. The molecule has 0 fully saturated rings. The van der Waals surface area contributed by atoms with Crippen LogP contribution in [0.2, 0.25) is 0 Å². The van der Waals surface area contributed by atoms with Gasteiger partial charge in [0, 0.05) is 52.3 Å². The summed E-state index contributed by atoms with van der Waals surface area (Å²) in [5.74, 6) is 0.241. The van der Waals surface area contributed by atoms with Crippen LogP contribution in [0.25, 0.3) is 67.7 Å². The monoisotopic (exact) mass is 1150 g/mol. The van der Waals surface area contributed by atoms with Crippen LogP contribution in [-0.4, -0.2) is 85.0 Å². The van der Waals surface area contributed by atoms with Gasteiger partial charge in [0.05, 0.1) is 40.9 Å². The van der Waals surface area contributed by atoms with Gasteiger partial charge in [-0.15, -0.1) is 0 Å². The predicted octanol–water partition coefficient (Wildman–Crippen LogP) is 11.2. The zero-order chi connectivity index (χ0) is 60.6. The molecule has 0 radical (unpaired) electrons. The van der Waals surface area contributed by atoms with Crippen molar-refractivity contribution in [1.82, 2.24) is 44.9 Å². The van der Waals surface area contributed by atoms with Crippen LogP contribution < -0.4 is 37.9 Å². The molecule has 6 heterocycles. The number of anilines is 6. The van der Waals surface area contributed by atoms with Gasteiger partial charge in [-0.2, -0.15) is 0 Å². The molecule has 0 bridgehead atoms. The Morgan fingerprint density at radius 2 is 0.826 bits per heavy atom. The molecule has 0 spiro atoms. The zero-order valence-corrected chi connectivity index (χ0v) is 47.0. The maximum Gasteiger partial charge on any atom is 0.252 e. The molecule has 6 aromatic carbocycles. The van der Waals surface area contributed by atoms with Crippen molar-refractivity contribution in [2.24, 2.45) is 17.2 Å². The number of nitrogens with zero attached hydrogens (tertiary/aromatic N) is 6. The molecule has 0 aliphatic carbocycles. The molecule has 22 heteroatoms. The number of phenolic OH excluding ortho intramolecular Hbond substituents is 3. The third-order valence-electron chi connectivity index (χ3n) is 14.0. The maximum absolute atomic E-state index is 12.0. The molecular formula is C64H59N15O7. The molecule has 12 rings (SSSR count). The lowest BCUT2D eigenvalue weighted by Gasteiger charge is -2.13. The number of pyridine rings is 3. The topological polar surface area (TPSA) is 360 Å². The number of imidazole rings is 3. The Labute approximate surface area is 491 Å². The number of phenols is 3. The lowest BCUT2D eigenvalue weighted by molar-refractivity contribution is 0.0992. The molecule has 6 aromatic heterocycles. The van der Waals surface area contributed by atoms with E-state index in [4.69, 9.17) is 26.9 Å². The van der Waals surface area contributed by atoms with Gasteiger partial charge in [0.1, 0.15) is 45.5 Å². The van der Waals surface area contributed by atoms with Crippen molar-refractivity contribution in [3.05, 3.63) is 191 Å². The number of fused-ring (bicyclic) bond motifs is 3. The number of hydrogen-bond donors (Lipinski definition) is 12. The third-order valence-corrected chi connectivity index (χ3v) is 14.0. The number of primary amides is 3. The van der Waals surface area contributed by atoms with Crippen LogP contribution in [0.3, 0.4) is 0 Å². The number of para-hydroxylation sites is 3. The molecule has 0 atom stereocenters. The molecule has 22 nitrogen and oxygen atoms in total. The van der Waals surface area contributed by atoms with Crippen molar-refractivity contribution in [3.8, 4) is 57.2 Å². The summed E-state index contributed by atoms with van der Waals surface area (Å²) >= 11 is 0. The van der Waals surface area contributed by atoms with E-state index in [0.29, 0.717) is 79.2 Å². The Kier molecular flexibility index (Phi) is 16.8. The van der Waals surface area contributed by atoms with Crippen molar-refractivity contribution in [2.45, 2.75) is 40.0 Å². The number of nitrogens with one attached hydrogen (secondary N) is 6. The van der Waals surface area contributed by atoms with Crippen LogP contribution in [0, 0.1) is 0 Å². The lowest BCUT2D eigenvalue weighted by atomic mass is 10.1. The van der Waals surface area contributed by atoms with Gasteiger partial charge in [0.15, 0.2) is 28.4 Å². The summed E-state index contributed by atoms with van der Waals surface area (Å²) < 4.78 is 5.21. The minimum atomic E-state index is -0.622. The van der Waals surface area contributed by atoms with E-state index in [9.17, 15) is 29.7 Å². The van der Waals surface area contributed by atoms with E-state index in [1.807, 2.05) is 110 Å². The standard InChI is InChI=1S/C22H21N5O2.C21H19N5O3.C21H19N5O2/c1-3-13-6-4-5-7-17(13)25-18-16(20(23)28)12-24-22-19(18)26-21(27-22)14-8-10-15(29-2)11-9-14;1-2-11-5-3-4-6-14(11)24-17-13(19(22)29)10-23-21-18(17)25-20(26-21)12-7-8-15(27)16(28)9-12;1-2-12-6-3-4-9-16(12)24-17-15(19(22)28)11-23-21-18(17)25-20(26-21)13-7-5-8-14(27)10-13/h4-12H,3H2,1-2H3,(H2,23,28)(H2,24,25,26,27);3-10,27-28H,2H2,1H3,(H2,22,29)(H2,23,24,25,26);3-11,27H,2H2,1H3,(H2,22,28)(H2,23,24,25,26). The van der Waals surface area contributed by atoms with Crippen molar-refractivity contribution in [2.75, 3.05) is 23.1 Å². The van der Waals surface area contributed by atoms with Crippen LogP contribution in [-0.2, 0) is 19.3 Å². The SMILES string of the molecule is CCc1ccccc1Nc1c(C(N)=O)cnc2[nH]c(-c3ccc(O)c(O)c3)nc12.CCc1ccccc1Nc1c(C(N)=O)cnc2[nH]c(-c3ccc(OC)cc3)nc12.CCc1ccccc1Nc1c(C(N)=O)cnc2[nH]c(-c3cccc(O)c3)nc12. The highest BCUT2D eigenvalue weighted by atomic mass is 16.5. The van der Waals surface area contributed by atoms with Gasteiger partial charge >= 0.3 is 0 Å². The number of methoxy groups -OCH3 is 1. The van der Waals surface area contributed by atoms with E-state index in [1.54, 1.807) is 31.4 Å². The second kappa shape index (κ2) is 25.1. The summed E-state index contributed by atoms with van der Waals surface area (Å²) in [6.07, 6.45) is 6.79. The van der Waals surface area contributed by atoms with Crippen molar-refractivity contribution < 1.29 is 34.4 Å². The Morgan fingerprint density at radius 3 is 1.19 bits per heavy atom. The number of aromatic nitrogens is 9. The number of aromatic amines is 3. The van der Waals surface area contributed by atoms with Crippen LogP contribution >= 0.6 is 0 Å². The molecule has 0 aliphatic rings. The Hall–Kier alpha value is -11.8. The molecule has 86 heavy (non-hydrogen) atoms. The van der Waals surface area contributed by atoms with E-state index >= 15 is 0 Å². The van der Waals surface area contributed by atoms with E-state index in [-0.39, 0.29) is 33.9 Å². The number of rotatable bonds is 16. The molecule has 0 saturated heterocycles. The lowest BCUT2D eigenvalue weighted by Crippen LogP contribution is -2.14. The first kappa shape index (κ1) is 57.4. The second-order valence-electron chi connectivity index (χ2n) is 19.5. The minimum absolute atomic E-state index is 0.138. The van der Waals surface area contributed by atoms with Gasteiger partial charge in [0.25, 0.3) is 17.7 Å². The van der Waals surface area contributed by atoms with Crippen LogP contribution in [0.5, 0.6) is 23.0 Å². The number of ether oxygens (including phenoxy) is 1. The number of carbonyl (C=O) groups is 3. The minimum Gasteiger partial charge on any atom is -0.508 e. The fraction of sp³-hybridized carbons (Fsp3) is 0.109. The van der Waals surface area contributed by atoms with Crippen molar-refractivity contribution in [1.29, 1.82) is 0 Å². The smallest absolute Gasteiger partial charge is 0.252 e. The normalized spacial score (nSPS) is 10.9. The first-order chi connectivity index (χ1) is 41.6. The molecule has 0 aliphatic heterocycles. The van der Waals surface area contributed by atoms with Crippen molar-refractivity contribution >= 4 is 85.3 Å². The van der Waals surface area contributed by atoms with Crippen molar-refractivity contribution in [3.63, 3.8) is 0 Å². The Balaban J connectivity index is 0.000000143. The molecule has 15 N–H and O–H groups in total. The number of hydrogen-bond acceptors (Lipinski definition) is 16. The molecule has 12 aromatic rings. The number of aromatic hydroxyl groups is 3. The number of aryl methyl sites for hydroxylation is 3. The van der Waals surface area contributed by atoms with Crippen LogP contribution in [0.1, 0.15) is 68.5 Å². The average Bonchev–Trinajstić information content (AvgIpc) is 3.38. The van der Waals surface area contributed by atoms with Gasteiger partial charge in [-0.1, -0.05) is 87.5 Å². The number of H-pyrrole nitrogens is 3. The van der Waals surface area contributed by atoms with Crippen LogP contribution in [0.15, 0.2) is 158 Å². The summed E-state index contributed by atoms with van der Waals surface area (Å²) in [7, 11) is 1.62. The molecule has 432 valence electrons. The highest BCUT2D eigenvalue weighted by Gasteiger charge is 2.22. The Bertz CT molecular complexity index is 4500. The predicted molar refractivity (Wildman–Crippen MR) is 332 cm³/mol. The number of benzene rings is 6. The largest absolute Gasteiger partial charge is 0.508 e. The zero-order valence-electron chi connectivity index (χ0n) is 47.0. The summed E-state index contributed by atoms with van der Waals surface area (Å²) in [4.78, 5) is 72.3. The first-order valence-electron chi connectivity index (χ1n) is 27.2. The van der Waals surface area contributed by atoms with Gasteiger partial charge in [-0.05, 0) is 109 Å². The fourth-order valence-electron chi connectivity index (χ4n) is 9.54. The quantitative estimate of drug-likeness (QED) is 0.0400. The summed E-state index contributed by atoms with van der Waals surface area (Å²) in [6.45, 7) is 6.18. The summed E-state index contributed by atoms with van der Waals surface area (Å²) in [5.41, 5.74) is 30.1. The fourth-order valence-corrected chi connectivity index (χ4v) is 9.54. The summed E-state index contributed by atoms with van der Waals surface area (Å²) in [5, 5.41) is 39.0. The average molecular weight is 1150 g/mol. The van der Waals surface area contributed by atoms with Gasteiger partial charge < -0.3 is 68.2 Å².